The molecule has 2 rings (SSSR count). The van der Waals surface area contributed by atoms with E-state index in [0.29, 0.717) is 5.92 Å². The van der Waals surface area contributed by atoms with E-state index in [1.54, 1.807) is 11.6 Å². The molecule has 1 aromatic heterocycles. The van der Waals surface area contributed by atoms with Crippen LogP contribution in [0.2, 0.25) is 0 Å². The normalized spacial score (nSPS) is 13.9. The Labute approximate surface area is 70.7 Å². The number of nitrogens with two attached hydrogens (primary N) is 1. The summed E-state index contributed by atoms with van der Waals surface area (Å²) in [5.74, 6) is 1.26. The lowest BCUT2D eigenvalue weighted by atomic mass is 10.2. The molecule has 1 aliphatic heterocycles. The zero-order chi connectivity index (χ0) is 8.55. The van der Waals surface area contributed by atoms with Gasteiger partial charge in [-0.3, -0.25) is 0 Å². The largest absolute Gasteiger partial charge is 0.235 e. The highest BCUT2D eigenvalue weighted by atomic mass is 15.3. The van der Waals surface area contributed by atoms with Gasteiger partial charge >= 0.3 is 0 Å². The van der Waals surface area contributed by atoms with Crippen LogP contribution in [-0.4, -0.2) is 16.2 Å². The standard InChI is InChI=1S/C8H10N4/c1-5(2)8-9-3-7-6(11-8)4-10-12-7/h3-5H,1-2H3,(H,10,12)/p+1. The summed E-state index contributed by atoms with van der Waals surface area (Å²) < 4.78 is 0. The van der Waals surface area contributed by atoms with E-state index in [2.05, 4.69) is 28.9 Å². The molecule has 1 aliphatic rings. The van der Waals surface area contributed by atoms with E-state index >= 15 is 0 Å². The third kappa shape index (κ3) is 1.10. The fraction of sp³-hybridized carbons (Fsp3) is 0.375. The van der Waals surface area contributed by atoms with Gasteiger partial charge in [-0.15, -0.1) is 0 Å². The average Bonchev–Trinajstić information content (AvgIpc) is 2.49. The number of rotatable bonds is 1. The molecular weight excluding hydrogens is 152 g/mol. The van der Waals surface area contributed by atoms with Crippen LogP contribution in [0.5, 0.6) is 0 Å². The zero-order valence-corrected chi connectivity index (χ0v) is 7.15. The third-order valence-electron chi connectivity index (χ3n) is 1.79. The SMILES string of the molecule is CC(C)c1ncc2c(n1)C=N[NH2+]2. The summed E-state index contributed by atoms with van der Waals surface area (Å²) in [5, 5.41) is 4.00. The molecule has 0 bridgehead atoms. The fourth-order valence-corrected chi connectivity index (χ4v) is 1.09. The molecule has 0 fully saturated rings. The summed E-state index contributed by atoms with van der Waals surface area (Å²) in [6, 6.07) is 0. The van der Waals surface area contributed by atoms with E-state index in [-0.39, 0.29) is 0 Å². The van der Waals surface area contributed by atoms with Gasteiger partial charge in [0.05, 0.1) is 6.20 Å². The van der Waals surface area contributed by atoms with Crippen molar-refractivity contribution in [2.75, 3.05) is 0 Å². The molecule has 2 N–H and O–H groups in total. The maximum atomic E-state index is 4.36. The third-order valence-corrected chi connectivity index (χ3v) is 1.79. The van der Waals surface area contributed by atoms with Crippen molar-refractivity contribution in [2.24, 2.45) is 5.10 Å². The maximum Gasteiger partial charge on any atom is 0.202 e. The average molecular weight is 163 g/mol. The van der Waals surface area contributed by atoms with Crippen LogP contribution in [0.15, 0.2) is 11.3 Å². The summed E-state index contributed by atoms with van der Waals surface area (Å²) in [6.07, 6.45) is 3.59. The van der Waals surface area contributed by atoms with Crippen molar-refractivity contribution in [1.29, 1.82) is 0 Å². The Morgan fingerprint density at radius 3 is 3.00 bits per heavy atom. The molecule has 0 unspecified atom stereocenters. The second-order valence-corrected chi connectivity index (χ2v) is 3.13. The molecule has 0 aromatic carbocycles. The second-order valence-electron chi connectivity index (χ2n) is 3.13. The minimum Gasteiger partial charge on any atom is -0.235 e. The summed E-state index contributed by atoms with van der Waals surface area (Å²) >= 11 is 0. The van der Waals surface area contributed by atoms with Gasteiger partial charge < -0.3 is 0 Å². The van der Waals surface area contributed by atoms with E-state index in [4.69, 9.17) is 0 Å². The molecular formula is C8H11N4+. The lowest BCUT2D eigenvalue weighted by Crippen LogP contribution is -2.69. The number of aromatic nitrogens is 2. The Morgan fingerprint density at radius 2 is 2.25 bits per heavy atom. The monoisotopic (exact) mass is 163 g/mol. The molecule has 0 amide bonds. The van der Waals surface area contributed by atoms with Crippen molar-refractivity contribution in [3.05, 3.63) is 17.7 Å². The van der Waals surface area contributed by atoms with Crippen LogP contribution in [0.3, 0.4) is 0 Å². The zero-order valence-electron chi connectivity index (χ0n) is 7.15. The quantitative estimate of drug-likeness (QED) is 0.599. The summed E-state index contributed by atoms with van der Waals surface area (Å²) in [6.45, 7) is 4.16. The van der Waals surface area contributed by atoms with Gasteiger partial charge in [-0.2, -0.15) is 5.43 Å². The molecule has 62 valence electrons. The first-order valence-electron chi connectivity index (χ1n) is 4.00. The van der Waals surface area contributed by atoms with E-state index < -0.39 is 0 Å². The van der Waals surface area contributed by atoms with E-state index in [9.17, 15) is 0 Å². The molecule has 0 saturated heterocycles. The highest BCUT2D eigenvalue weighted by Gasteiger charge is 2.14. The van der Waals surface area contributed by atoms with Crippen molar-refractivity contribution in [3.8, 4) is 0 Å². The van der Waals surface area contributed by atoms with Gasteiger partial charge in [-0.05, 0) is 0 Å². The predicted molar refractivity (Wildman–Crippen MR) is 45.3 cm³/mol. The minimum atomic E-state index is 0.379. The van der Waals surface area contributed by atoms with Crippen molar-refractivity contribution >= 4 is 11.9 Å². The molecule has 1 aromatic rings. The fourth-order valence-electron chi connectivity index (χ4n) is 1.09. The van der Waals surface area contributed by atoms with Gasteiger partial charge in [0.25, 0.3) is 0 Å². The van der Waals surface area contributed by atoms with E-state index in [0.717, 1.165) is 17.2 Å². The Hall–Kier alpha value is -1.29. The van der Waals surface area contributed by atoms with Gasteiger partial charge in [-0.25, -0.2) is 9.97 Å². The molecule has 2 heterocycles. The topological polar surface area (TPSA) is 54.8 Å². The smallest absolute Gasteiger partial charge is 0.202 e. The van der Waals surface area contributed by atoms with Crippen LogP contribution in [0.1, 0.15) is 31.3 Å². The maximum absolute atomic E-state index is 4.36. The highest BCUT2D eigenvalue weighted by Crippen LogP contribution is 2.12. The Morgan fingerprint density at radius 1 is 1.42 bits per heavy atom. The number of hydrogen-bond donors (Lipinski definition) is 1. The number of nitrogens with zero attached hydrogens (tertiary/aromatic N) is 3. The summed E-state index contributed by atoms with van der Waals surface area (Å²) in [7, 11) is 0. The van der Waals surface area contributed by atoms with Crippen molar-refractivity contribution in [1.82, 2.24) is 9.97 Å². The van der Waals surface area contributed by atoms with Crippen LogP contribution in [0.4, 0.5) is 5.69 Å². The molecule has 0 aliphatic carbocycles. The van der Waals surface area contributed by atoms with Gasteiger partial charge in [0.15, 0.2) is 5.69 Å². The number of quaternary nitrogens is 1. The molecule has 0 atom stereocenters. The van der Waals surface area contributed by atoms with Gasteiger partial charge in [-0.1, -0.05) is 18.9 Å². The lowest BCUT2D eigenvalue weighted by Gasteiger charge is -2.01. The van der Waals surface area contributed by atoms with Crippen LogP contribution < -0.4 is 5.43 Å². The number of fused-ring (bicyclic) bond motifs is 1. The van der Waals surface area contributed by atoms with Crippen LogP contribution in [-0.2, 0) is 0 Å². The lowest BCUT2D eigenvalue weighted by molar-refractivity contribution is -0.573. The first-order valence-corrected chi connectivity index (χ1v) is 4.00. The van der Waals surface area contributed by atoms with Gasteiger partial charge in [0.2, 0.25) is 5.69 Å². The molecule has 12 heavy (non-hydrogen) atoms. The van der Waals surface area contributed by atoms with Crippen molar-refractivity contribution in [2.45, 2.75) is 19.8 Å². The number of hydrogen-bond acceptors (Lipinski definition) is 3. The Bertz CT molecular complexity index is 330. The van der Waals surface area contributed by atoms with E-state index in [1.165, 1.54) is 0 Å². The molecule has 4 heteroatoms. The molecule has 0 radical (unpaired) electrons. The van der Waals surface area contributed by atoms with E-state index in [1.807, 2.05) is 6.20 Å². The minimum absolute atomic E-state index is 0.379. The highest BCUT2D eigenvalue weighted by molar-refractivity contribution is 5.83. The first-order chi connectivity index (χ1) is 5.77. The Balaban J connectivity index is 2.44. The van der Waals surface area contributed by atoms with Crippen LogP contribution in [0.25, 0.3) is 0 Å². The van der Waals surface area contributed by atoms with Gasteiger partial charge in [0.1, 0.15) is 12.0 Å². The molecule has 0 spiro atoms. The van der Waals surface area contributed by atoms with Gasteiger partial charge in [0, 0.05) is 5.92 Å². The molecule has 0 saturated carbocycles. The van der Waals surface area contributed by atoms with Crippen molar-refractivity contribution in [3.63, 3.8) is 0 Å². The predicted octanol–water partition coefficient (Wildman–Crippen LogP) is 0.142. The van der Waals surface area contributed by atoms with Crippen LogP contribution in [0, 0.1) is 0 Å². The summed E-state index contributed by atoms with van der Waals surface area (Å²) in [5.41, 5.74) is 3.73. The molecule has 4 nitrogen and oxygen atoms in total. The first kappa shape index (κ1) is 7.36. The second kappa shape index (κ2) is 2.64. The summed E-state index contributed by atoms with van der Waals surface area (Å²) in [4.78, 5) is 8.59. The Kier molecular flexibility index (Phi) is 1.62. The van der Waals surface area contributed by atoms with Crippen LogP contribution >= 0.6 is 0 Å². The van der Waals surface area contributed by atoms with Crippen molar-refractivity contribution < 1.29 is 5.43 Å².